The number of hydrogen-bond acceptors (Lipinski definition) is 3. The minimum atomic E-state index is 0.0173. The highest BCUT2D eigenvalue weighted by Gasteiger charge is 2.38. The van der Waals surface area contributed by atoms with Crippen LogP contribution in [0.1, 0.15) is 11.7 Å². The molecule has 0 radical (unpaired) electrons. The highest BCUT2D eigenvalue weighted by atomic mass is 16.6. The number of fused-ring (bicyclic) bond motifs is 1. The smallest absolute Gasteiger partial charge is 0.127 e. The summed E-state index contributed by atoms with van der Waals surface area (Å²) in [6.45, 7) is 1.41. The van der Waals surface area contributed by atoms with Crippen molar-refractivity contribution in [3.63, 3.8) is 0 Å². The van der Waals surface area contributed by atoms with E-state index in [0.717, 1.165) is 12.3 Å². The Morgan fingerprint density at radius 2 is 2.00 bits per heavy atom. The fourth-order valence-electron chi connectivity index (χ4n) is 1.95. The van der Waals surface area contributed by atoms with Crippen molar-refractivity contribution in [2.75, 3.05) is 13.2 Å². The summed E-state index contributed by atoms with van der Waals surface area (Å²) in [6.07, 6.45) is 0.0173. The molecule has 0 bridgehead atoms. The van der Waals surface area contributed by atoms with Crippen LogP contribution >= 0.6 is 0 Å². The van der Waals surface area contributed by atoms with Crippen LogP contribution in [0.5, 0.6) is 0 Å². The molecular formula is C11H11NO2. The lowest BCUT2D eigenvalue weighted by Gasteiger charge is -2.08. The van der Waals surface area contributed by atoms with Crippen molar-refractivity contribution in [2.24, 2.45) is 11.1 Å². The van der Waals surface area contributed by atoms with Crippen molar-refractivity contribution >= 4 is 5.71 Å². The number of hydrogen-bond donors (Lipinski definition) is 0. The van der Waals surface area contributed by atoms with Gasteiger partial charge in [-0.25, -0.2) is 0 Å². The number of ether oxygens (including phenoxy) is 1. The molecule has 3 nitrogen and oxygen atoms in total. The first-order valence-electron chi connectivity index (χ1n) is 4.81. The zero-order valence-electron chi connectivity index (χ0n) is 7.72. The molecular weight excluding hydrogens is 178 g/mol. The minimum absolute atomic E-state index is 0.0173. The lowest BCUT2D eigenvalue weighted by Crippen LogP contribution is -2.11. The summed E-state index contributed by atoms with van der Waals surface area (Å²) in [7, 11) is 0. The monoisotopic (exact) mass is 189 g/mol. The quantitative estimate of drug-likeness (QED) is 0.674. The first kappa shape index (κ1) is 8.00. The Morgan fingerprint density at radius 1 is 1.14 bits per heavy atom. The number of rotatable bonds is 1. The summed E-state index contributed by atoms with van der Waals surface area (Å²) in [6, 6.07) is 10.2. The average Bonchev–Trinajstić information content (AvgIpc) is 2.79. The van der Waals surface area contributed by atoms with Crippen molar-refractivity contribution in [1.29, 1.82) is 0 Å². The fourth-order valence-corrected chi connectivity index (χ4v) is 1.95. The molecule has 72 valence electrons. The maximum absolute atomic E-state index is 5.70. The van der Waals surface area contributed by atoms with E-state index in [-0.39, 0.29) is 6.10 Å². The fraction of sp³-hybridized carbons (Fsp3) is 0.364. The van der Waals surface area contributed by atoms with Crippen LogP contribution in [0, 0.1) is 5.92 Å². The summed E-state index contributed by atoms with van der Waals surface area (Å²) in [5.41, 5.74) is 2.22. The molecule has 3 heteroatoms. The SMILES string of the molecule is c1ccc(C2OCC3CON=C32)cc1. The number of oxime groups is 1. The Labute approximate surface area is 82.3 Å². The van der Waals surface area contributed by atoms with Crippen LogP contribution in [0.2, 0.25) is 0 Å². The molecule has 2 heterocycles. The number of nitrogens with zero attached hydrogens (tertiary/aromatic N) is 1. The van der Waals surface area contributed by atoms with Gasteiger partial charge in [-0.3, -0.25) is 0 Å². The van der Waals surface area contributed by atoms with Gasteiger partial charge in [0, 0.05) is 0 Å². The molecule has 0 saturated carbocycles. The van der Waals surface area contributed by atoms with Gasteiger partial charge in [0.1, 0.15) is 12.7 Å². The third-order valence-electron chi connectivity index (χ3n) is 2.70. The molecule has 1 aromatic rings. The largest absolute Gasteiger partial charge is 0.395 e. The Morgan fingerprint density at radius 3 is 2.86 bits per heavy atom. The van der Waals surface area contributed by atoms with Crippen LogP contribution < -0.4 is 0 Å². The third-order valence-corrected chi connectivity index (χ3v) is 2.70. The lowest BCUT2D eigenvalue weighted by molar-refractivity contribution is 0.0792. The molecule has 2 aliphatic rings. The Hall–Kier alpha value is -1.35. The molecule has 0 N–H and O–H groups in total. The summed E-state index contributed by atoms with van der Waals surface area (Å²) in [5, 5.41) is 4.05. The van der Waals surface area contributed by atoms with Gasteiger partial charge in [0.25, 0.3) is 0 Å². The Kier molecular flexibility index (Phi) is 1.77. The molecule has 3 rings (SSSR count). The zero-order valence-corrected chi connectivity index (χ0v) is 7.72. The third kappa shape index (κ3) is 1.13. The average molecular weight is 189 g/mol. The lowest BCUT2D eigenvalue weighted by atomic mass is 9.99. The second kappa shape index (κ2) is 3.10. The van der Waals surface area contributed by atoms with Gasteiger partial charge in [-0.05, 0) is 5.56 Å². The summed E-state index contributed by atoms with van der Waals surface area (Å²) < 4.78 is 5.70. The molecule has 0 aromatic heterocycles. The van der Waals surface area contributed by atoms with E-state index in [1.807, 2.05) is 18.2 Å². The van der Waals surface area contributed by atoms with E-state index in [1.165, 1.54) is 5.56 Å². The molecule has 0 spiro atoms. The maximum Gasteiger partial charge on any atom is 0.127 e. The predicted octanol–water partition coefficient (Wildman–Crippen LogP) is 1.76. The Balaban J connectivity index is 1.93. The highest BCUT2D eigenvalue weighted by molar-refractivity contribution is 5.93. The van der Waals surface area contributed by atoms with Gasteiger partial charge in [0.05, 0.1) is 18.2 Å². The molecule has 1 saturated heterocycles. The second-order valence-electron chi connectivity index (χ2n) is 3.63. The van der Waals surface area contributed by atoms with E-state index in [9.17, 15) is 0 Å². The first-order chi connectivity index (χ1) is 6.95. The molecule has 0 amide bonds. The molecule has 1 aromatic carbocycles. The van der Waals surface area contributed by atoms with E-state index in [1.54, 1.807) is 0 Å². The molecule has 14 heavy (non-hydrogen) atoms. The van der Waals surface area contributed by atoms with Crippen molar-refractivity contribution in [3.05, 3.63) is 35.9 Å². The standard InChI is InChI=1S/C11H11NO2/c1-2-4-8(5-3-1)11-10-9(6-13-11)7-14-12-10/h1-5,9,11H,6-7H2. The topological polar surface area (TPSA) is 30.8 Å². The Bertz CT molecular complexity index is 361. The van der Waals surface area contributed by atoms with E-state index >= 15 is 0 Å². The van der Waals surface area contributed by atoms with Gasteiger partial charge >= 0.3 is 0 Å². The van der Waals surface area contributed by atoms with Crippen molar-refractivity contribution in [1.82, 2.24) is 0 Å². The van der Waals surface area contributed by atoms with E-state index in [4.69, 9.17) is 9.57 Å². The van der Waals surface area contributed by atoms with Crippen molar-refractivity contribution in [2.45, 2.75) is 6.10 Å². The van der Waals surface area contributed by atoms with E-state index in [2.05, 4.69) is 17.3 Å². The molecule has 1 fully saturated rings. The van der Waals surface area contributed by atoms with Gasteiger partial charge in [-0.15, -0.1) is 0 Å². The van der Waals surface area contributed by atoms with Gasteiger partial charge in [0.15, 0.2) is 0 Å². The summed E-state index contributed by atoms with van der Waals surface area (Å²) in [5.74, 6) is 0.375. The summed E-state index contributed by atoms with van der Waals surface area (Å²) in [4.78, 5) is 5.07. The van der Waals surface area contributed by atoms with Crippen LogP contribution in [0.4, 0.5) is 0 Å². The predicted molar refractivity (Wildman–Crippen MR) is 52.0 cm³/mol. The van der Waals surface area contributed by atoms with E-state index < -0.39 is 0 Å². The van der Waals surface area contributed by atoms with Crippen molar-refractivity contribution < 1.29 is 9.57 Å². The van der Waals surface area contributed by atoms with Gasteiger partial charge in [-0.2, -0.15) is 0 Å². The van der Waals surface area contributed by atoms with Crippen LogP contribution in [0.25, 0.3) is 0 Å². The summed E-state index contributed by atoms with van der Waals surface area (Å²) >= 11 is 0. The van der Waals surface area contributed by atoms with Crippen LogP contribution in [0.3, 0.4) is 0 Å². The zero-order chi connectivity index (χ0) is 9.38. The molecule has 2 atom stereocenters. The van der Waals surface area contributed by atoms with E-state index in [0.29, 0.717) is 12.5 Å². The van der Waals surface area contributed by atoms with Gasteiger partial charge in [-0.1, -0.05) is 35.5 Å². The molecule has 2 unspecified atom stereocenters. The first-order valence-corrected chi connectivity index (χ1v) is 4.81. The van der Waals surface area contributed by atoms with Crippen LogP contribution in [-0.2, 0) is 9.57 Å². The van der Waals surface area contributed by atoms with Crippen LogP contribution in [0.15, 0.2) is 35.5 Å². The van der Waals surface area contributed by atoms with Gasteiger partial charge < -0.3 is 9.57 Å². The molecule has 0 aliphatic carbocycles. The minimum Gasteiger partial charge on any atom is -0.395 e. The van der Waals surface area contributed by atoms with Gasteiger partial charge in [0.2, 0.25) is 0 Å². The van der Waals surface area contributed by atoms with Crippen LogP contribution in [-0.4, -0.2) is 18.9 Å². The van der Waals surface area contributed by atoms with Crippen molar-refractivity contribution in [3.8, 4) is 0 Å². The number of benzene rings is 1. The highest BCUT2D eigenvalue weighted by Crippen LogP contribution is 2.33. The maximum atomic E-state index is 5.70. The molecule has 2 aliphatic heterocycles. The normalized spacial score (nSPS) is 29.6. The second-order valence-corrected chi connectivity index (χ2v) is 3.63.